The summed E-state index contributed by atoms with van der Waals surface area (Å²) in [6.07, 6.45) is -0.906. The molecule has 0 spiro atoms. The molecule has 4 rings (SSSR count). The fourth-order valence-electron chi connectivity index (χ4n) is 3.41. The molecule has 0 radical (unpaired) electrons. The minimum Gasteiger partial charge on any atom is -0.353 e. The minimum atomic E-state index is -4.43. The van der Waals surface area contributed by atoms with Gasteiger partial charge in [0.05, 0.1) is 11.5 Å². The summed E-state index contributed by atoms with van der Waals surface area (Å²) in [5.74, 6) is -0.489. The molecule has 10 heteroatoms. The first-order valence-corrected chi connectivity index (χ1v) is 10.7. The van der Waals surface area contributed by atoms with Crippen LogP contribution >= 0.6 is 11.3 Å². The summed E-state index contributed by atoms with van der Waals surface area (Å²) in [5.41, 5.74) is -0.296. The summed E-state index contributed by atoms with van der Waals surface area (Å²) in [4.78, 5) is 31.0. The highest BCUT2D eigenvalue weighted by Crippen LogP contribution is 2.32. The molecule has 2 aromatic rings. The fraction of sp³-hybridized carbons (Fsp3) is 0.450. The van der Waals surface area contributed by atoms with E-state index in [2.05, 4.69) is 15.6 Å². The molecule has 2 amide bonds. The number of alkyl halides is 3. The Hall–Kier alpha value is -2.62. The maximum Gasteiger partial charge on any atom is 0.416 e. The van der Waals surface area contributed by atoms with Crippen molar-refractivity contribution in [3.8, 4) is 0 Å². The predicted molar refractivity (Wildman–Crippen MR) is 107 cm³/mol. The Morgan fingerprint density at radius 2 is 2.00 bits per heavy atom. The van der Waals surface area contributed by atoms with Gasteiger partial charge in [-0.15, -0.1) is 11.3 Å². The largest absolute Gasteiger partial charge is 0.416 e. The van der Waals surface area contributed by atoms with Crippen molar-refractivity contribution in [2.24, 2.45) is 5.92 Å². The van der Waals surface area contributed by atoms with Crippen molar-refractivity contribution < 1.29 is 22.8 Å². The Labute approximate surface area is 175 Å². The first-order valence-electron chi connectivity index (χ1n) is 9.79. The number of piperidine rings is 1. The Kier molecular flexibility index (Phi) is 5.68. The molecular weight excluding hydrogens is 417 g/mol. The lowest BCUT2D eigenvalue weighted by Gasteiger charge is -2.31. The van der Waals surface area contributed by atoms with E-state index < -0.39 is 11.7 Å². The van der Waals surface area contributed by atoms with Crippen LogP contribution in [0, 0.1) is 5.92 Å². The van der Waals surface area contributed by atoms with Crippen LogP contribution in [0.2, 0.25) is 0 Å². The van der Waals surface area contributed by atoms with Gasteiger partial charge in [0.1, 0.15) is 5.69 Å². The van der Waals surface area contributed by atoms with Gasteiger partial charge >= 0.3 is 6.18 Å². The van der Waals surface area contributed by atoms with E-state index in [1.807, 2.05) is 0 Å². The average molecular weight is 438 g/mol. The van der Waals surface area contributed by atoms with Gasteiger partial charge in [-0.1, -0.05) is 6.07 Å². The van der Waals surface area contributed by atoms with Crippen LogP contribution in [-0.2, 0) is 11.0 Å². The van der Waals surface area contributed by atoms with Crippen molar-refractivity contribution in [1.29, 1.82) is 0 Å². The van der Waals surface area contributed by atoms with Crippen LogP contribution in [0.15, 0.2) is 29.6 Å². The minimum absolute atomic E-state index is 0.000167. The van der Waals surface area contributed by atoms with Gasteiger partial charge in [0, 0.05) is 30.2 Å². The maximum atomic E-state index is 12.9. The number of thiazole rings is 1. The monoisotopic (exact) mass is 438 g/mol. The molecule has 1 saturated heterocycles. The lowest BCUT2D eigenvalue weighted by atomic mass is 9.97. The number of likely N-dealkylation sites (tertiary alicyclic amines) is 1. The lowest BCUT2D eigenvalue weighted by Crippen LogP contribution is -2.46. The SMILES string of the molecule is O=C(NC1CC1)[C@H]1CCCN(C(=O)c2csc(Nc3cccc(C(F)(F)F)c3)n2)C1. The molecule has 2 N–H and O–H groups in total. The van der Waals surface area contributed by atoms with Crippen molar-refractivity contribution in [3.63, 3.8) is 0 Å². The average Bonchev–Trinajstić information content (AvgIpc) is 3.42. The van der Waals surface area contributed by atoms with Gasteiger partial charge in [-0.2, -0.15) is 13.2 Å². The summed E-state index contributed by atoms with van der Waals surface area (Å²) in [7, 11) is 0. The molecule has 2 heterocycles. The number of rotatable bonds is 5. The molecule has 2 aliphatic rings. The molecule has 1 atom stereocenters. The smallest absolute Gasteiger partial charge is 0.353 e. The number of hydrogen-bond acceptors (Lipinski definition) is 5. The molecule has 6 nitrogen and oxygen atoms in total. The molecule has 0 unspecified atom stereocenters. The van der Waals surface area contributed by atoms with Crippen LogP contribution in [0.4, 0.5) is 24.0 Å². The molecule has 30 heavy (non-hydrogen) atoms. The molecule has 2 fully saturated rings. The lowest BCUT2D eigenvalue weighted by molar-refractivity contribution is -0.137. The van der Waals surface area contributed by atoms with Gasteiger partial charge in [0.2, 0.25) is 5.91 Å². The van der Waals surface area contributed by atoms with Gasteiger partial charge < -0.3 is 15.5 Å². The summed E-state index contributed by atoms with van der Waals surface area (Å²) in [5, 5.41) is 7.72. The third-order valence-corrected chi connectivity index (χ3v) is 5.93. The molecule has 1 aromatic heterocycles. The Morgan fingerprint density at radius 1 is 1.20 bits per heavy atom. The topological polar surface area (TPSA) is 74.3 Å². The number of aromatic nitrogens is 1. The van der Waals surface area contributed by atoms with E-state index in [4.69, 9.17) is 0 Å². The second kappa shape index (κ2) is 8.25. The van der Waals surface area contributed by atoms with E-state index in [-0.39, 0.29) is 35.2 Å². The van der Waals surface area contributed by atoms with Crippen LogP contribution in [0.3, 0.4) is 0 Å². The van der Waals surface area contributed by atoms with Crippen LogP contribution in [0.5, 0.6) is 0 Å². The maximum absolute atomic E-state index is 12.9. The molecular formula is C20H21F3N4O2S. The van der Waals surface area contributed by atoms with Crippen molar-refractivity contribution in [3.05, 3.63) is 40.9 Å². The van der Waals surface area contributed by atoms with E-state index in [9.17, 15) is 22.8 Å². The van der Waals surface area contributed by atoms with E-state index >= 15 is 0 Å². The highest BCUT2D eigenvalue weighted by atomic mass is 32.1. The Bertz CT molecular complexity index is 942. The zero-order valence-electron chi connectivity index (χ0n) is 16.0. The number of hydrogen-bond donors (Lipinski definition) is 2. The highest BCUT2D eigenvalue weighted by molar-refractivity contribution is 7.14. The number of nitrogens with one attached hydrogen (secondary N) is 2. The quantitative estimate of drug-likeness (QED) is 0.739. The van der Waals surface area contributed by atoms with Crippen molar-refractivity contribution in [1.82, 2.24) is 15.2 Å². The van der Waals surface area contributed by atoms with E-state index in [0.717, 1.165) is 49.2 Å². The van der Waals surface area contributed by atoms with Crippen LogP contribution in [0.25, 0.3) is 0 Å². The summed E-state index contributed by atoms with van der Waals surface area (Å²) in [6, 6.07) is 5.09. The first kappa shape index (κ1) is 20.6. The summed E-state index contributed by atoms with van der Waals surface area (Å²) in [6.45, 7) is 0.908. The van der Waals surface area contributed by atoms with Gasteiger partial charge in [-0.3, -0.25) is 9.59 Å². The molecule has 1 aliphatic carbocycles. The third kappa shape index (κ3) is 4.92. The van der Waals surface area contributed by atoms with Crippen LogP contribution in [-0.4, -0.2) is 40.8 Å². The number of benzene rings is 1. The molecule has 0 bridgehead atoms. The fourth-order valence-corrected chi connectivity index (χ4v) is 4.12. The molecule has 1 aliphatic heterocycles. The summed E-state index contributed by atoms with van der Waals surface area (Å²) >= 11 is 1.14. The molecule has 1 aromatic carbocycles. The first-order chi connectivity index (χ1) is 14.3. The Morgan fingerprint density at radius 3 is 2.73 bits per heavy atom. The number of amides is 2. The summed E-state index contributed by atoms with van der Waals surface area (Å²) < 4.78 is 38.6. The third-order valence-electron chi connectivity index (χ3n) is 5.17. The number of carbonyl (C=O) groups is 2. The van der Waals surface area contributed by atoms with Crippen LogP contribution in [0.1, 0.15) is 41.7 Å². The van der Waals surface area contributed by atoms with E-state index in [1.165, 1.54) is 12.1 Å². The number of carbonyl (C=O) groups excluding carboxylic acids is 2. The number of halogens is 3. The van der Waals surface area contributed by atoms with Crippen molar-refractivity contribution >= 4 is 34.0 Å². The normalized spacial score (nSPS) is 19.4. The number of nitrogens with zero attached hydrogens (tertiary/aromatic N) is 2. The standard InChI is InChI=1S/C20H21F3N4O2S/c21-20(22,23)13-4-1-5-15(9-13)25-19-26-16(11-30-19)18(29)27-8-2-3-12(10-27)17(28)24-14-6-7-14/h1,4-5,9,11-12,14H,2-3,6-8,10H2,(H,24,28)(H,25,26)/t12-/m0/s1. The second-order valence-corrected chi connectivity index (χ2v) is 8.47. The van der Waals surface area contributed by atoms with Crippen LogP contribution < -0.4 is 10.6 Å². The Balaban J connectivity index is 1.39. The number of anilines is 2. The zero-order valence-corrected chi connectivity index (χ0v) is 16.9. The van der Waals surface area contributed by atoms with Gasteiger partial charge in [0.15, 0.2) is 5.13 Å². The van der Waals surface area contributed by atoms with Gasteiger partial charge in [0.25, 0.3) is 5.91 Å². The van der Waals surface area contributed by atoms with Gasteiger partial charge in [-0.05, 0) is 43.9 Å². The van der Waals surface area contributed by atoms with E-state index in [0.29, 0.717) is 18.2 Å². The van der Waals surface area contributed by atoms with E-state index in [1.54, 1.807) is 10.3 Å². The van der Waals surface area contributed by atoms with Crippen molar-refractivity contribution in [2.75, 3.05) is 18.4 Å². The highest BCUT2D eigenvalue weighted by Gasteiger charge is 2.33. The van der Waals surface area contributed by atoms with Crippen molar-refractivity contribution in [2.45, 2.75) is 37.9 Å². The molecule has 1 saturated carbocycles. The zero-order chi connectivity index (χ0) is 21.3. The second-order valence-electron chi connectivity index (χ2n) is 7.61. The molecule has 160 valence electrons. The predicted octanol–water partition coefficient (Wildman–Crippen LogP) is 4.04. The van der Waals surface area contributed by atoms with Gasteiger partial charge in [-0.25, -0.2) is 4.98 Å².